The number of amidine groups is 1. The minimum Gasteiger partial charge on any atom is -0.369 e. The van der Waals surface area contributed by atoms with Gasteiger partial charge in [0.05, 0.1) is 11.9 Å². The van der Waals surface area contributed by atoms with E-state index in [1.165, 1.54) is 25.7 Å². The van der Waals surface area contributed by atoms with E-state index in [1.54, 1.807) is 0 Å². The summed E-state index contributed by atoms with van der Waals surface area (Å²) >= 11 is 0. The standard InChI is InChI=1S/C8H14N2/c1-6-9-7-4-2-3-5-8(7)10-6/h7-8H,2-5H2,1H3,(H,9,10)/t7-,8?/m0/s1. The van der Waals surface area contributed by atoms with Gasteiger partial charge in [0, 0.05) is 6.04 Å². The highest BCUT2D eigenvalue weighted by molar-refractivity contribution is 5.81. The average Bonchev–Trinajstić information content (AvgIpc) is 2.27. The van der Waals surface area contributed by atoms with Gasteiger partial charge in [0.1, 0.15) is 0 Å². The van der Waals surface area contributed by atoms with Gasteiger partial charge in [-0.05, 0) is 19.8 Å². The number of aliphatic imine (C=N–C) groups is 1. The van der Waals surface area contributed by atoms with Crippen molar-refractivity contribution in [3.63, 3.8) is 0 Å². The highest BCUT2D eigenvalue weighted by Crippen LogP contribution is 2.24. The predicted octanol–water partition coefficient (Wildman–Crippen LogP) is 1.32. The van der Waals surface area contributed by atoms with Crippen LogP contribution in [0.4, 0.5) is 0 Å². The van der Waals surface area contributed by atoms with Gasteiger partial charge in [-0.2, -0.15) is 0 Å². The largest absolute Gasteiger partial charge is 0.369 e. The summed E-state index contributed by atoms with van der Waals surface area (Å²) in [6, 6.07) is 1.31. The Morgan fingerprint density at radius 3 is 3.00 bits per heavy atom. The third kappa shape index (κ3) is 0.917. The molecule has 2 aliphatic rings. The van der Waals surface area contributed by atoms with E-state index < -0.39 is 0 Å². The third-order valence-electron chi connectivity index (χ3n) is 2.48. The zero-order valence-corrected chi connectivity index (χ0v) is 6.43. The Kier molecular flexibility index (Phi) is 1.40. The highest BCUT2D eigenvalue weighted by Gasteiger charge is 2.28. The second-order valence-electron chi connectivity index (χ2n) is 3.32. The molecule has 0 saturated heterocycles. The van der Waals surface area contributed by atoms with Gasteiger partial charge in [-0.15, -0.1) is 0 Å². The molecule has 1 N–H and O–H groups in total. The van der Waals surface area contributed by atoms with Crippen molar-refractivity contribution in [2.24, 2.45) is 4.99 Å². The quantitative estimate of drug-likeness (QED) is 0.536. The Bertz CT molecular complexity index is 163. The summed E-state index contributed by atoms with van der Waals surface area (Å²) in [6.07, 6.45) is 5.39. The molecule has 10 heavy (non-hydrogen) atoms. The second kappa shape index (κ2) is 2.26. The van der Waals surface area contributed by atoms with Crippen LogP contribution in [0.1, 0.15) is 32.6 Å². The van der Waals surface area contributed by atoms with E-state index in [1.807, 2.05) is 0 Å². The summed E-state index contributed by atoms with van der Waals surface area (Å²) in [6.45, 7) is 2.07. The molecule has 2 atom stereocenters. The van der Waals surface area contributed by atoms with E-state index in [9.17, 15) is 0 Å². The van der Waals surface area contributed by atoms with Gasteiger partial charge < -0.3 is 5.32 Å². The molecule has 0 spiro atoms. The van der Waals surface area contributed by atoms with Crippen LogP contribution in [0, 0.1) is 0 Å². The molecule has 0 amide bonds. The van der Waals surface area contributed by atoms with E-state index >= 15 is 0 Å². The summed E-state index contributed by atoms with van der Waals surface area (Å²) in [7, 11) is 0. The molecular formula is C8H14N2. The molecule has 1 heterocycles. The fourth-order valence-electron chi connectivity index (χ4n) is 1.99. The Balaban J connectivity index is 2.06. The monoisotopic (exact) mass is 138 g/mol. The van der Waals surface area contributed by atoms with E-state index in [-0.39, 0.29) is 0 Å². The fourth-order valence-corrected chi connectivity index (χ4v) is 1.99. The van der Waals surface area contributed by atoms with Gasteiger partial charge in [0.25, 0.3) is 0 Å². The van der Waals surface area contributed by atoms with E-state index in [0.29, 0.717) is 12.1 Å². The van der Waals surface area contributed by atoms with E-state index in [0.717, 1.165) is 5.84 Å². The molecular weight excluding hydrogens is 124 g/mol. The summed E-state index contributed by atoms with van der Waals surface area (Å²) < 4.78 is 0. The van der Waals surface area contributed by atoms with E-state index in [4.69, 9.17) is 0 Å². The maximum absolute atomic E-state index is 4.52. The van der Waals surface area contributed by atoms with Crippen molar-refractivity contribution in [3.8, 4) is 0 Å². The van der Waals surface area contributed by atoms with Gasteiger partial charge in [0.2, 0.25) is 0 Å². The lowest BCUT2D eigenvalue weighted by Gasteiger charge is -2.23. The number of rotatable bonds is 0. The van der Waals surface area contributed by atoms with Crippen molar-refractivity contribution >= 4 is 5.84 Å². The lowest BCUT2D eigenvalue weighted by Crippen LogP contribution is -2.35. The predicted molar refractivity (Wildman–Crippen MR) is 42.3 cm³/mol. The Hall–Kier alpha value is -0.530. The number of fused-ring (bicyclic) bond motifs is 1. The molecule has 0 aromatic carbocycles. The first-order valence-corrected chi connectivity index (χ1v) is 4.17. The molecule has 0 bridgehead atoms. The number of hydrogen-bond acceptors (Lipinski definition) is 2. The van der Waals surface area contributed by atoms with Gasteiger partial charge in [0.15, 0.2) is 0 Å². The molecule has 0 aromatic heterocycles. The molecule has 0 aromatic rings. The van der Waals surface area contributed by atoms with E-state index in [2.05, 4.69) is 17.2 Å². The van der Waals surface area contributed by atoms with Crippen molar-refractivity contribution in [3.05, 3.63) is 0 Å². The normalized spacial score (nSPS) is 38.3. The number of hydrogen-bond donors (Lipinski definition) is 1. The maximum atomic E-state index is 4.52. The Labute approximate surface area is 61.7 Å². The molecule has 2 rings (SSSR count). The first-order chi connectivity index (χ1) is 4.86. The molecule has 56 valence electrons. The van der Waals surface area contributed by atoms with Crippen LogP contribution in [0.5, 0.6) is 0 Å². The lowest BCUT2D eigenvalue weighted by atomic mass is 9.92. The summed E-state index contributed by atoms with van der Waals surface area (Å²) in [5.41, 5.74) is 0. The van der Waals surface area contributed by atoms with Gasteiger partial charge in [-0.1, -0.05) is 12.8 Å². The van der Waals surface area contributed by atoms with Crippen LogP contribution in [0.25, 0.3) is 0 Å². The Morgan fingerprint density at radius 2 is 2.20 bits per heavy atom. The van der Waals surface area contributed by atoms with Crippen LogP contribution in [-0.4, -0.2) is 17.9 Å². The lowest BCUT2D eigenvalue weighted by molar-refractivity contribution is 0.384. The van der Waals surface area contributed by atoms with Crippen LogP contribution in [0.2, 0.25) is 0 Å². The van der Waals surface area contributed by atoms with Gasteiger partial charge >= 0.3 is 0 Å². The molecule has 1 fully saturated rings. The number of nitrogens with zero attached hydrogens (tertiary/aromatic N) is 1. The zero-order chi connectivity index (χ0) is 6.97. The highest BCUT2D eigenvalue weighted by atomic mass is 15.1. The van der Waals surface area contributed by atoms with Crippen LogP contribution in [-0.2, 0) is 0 Å². The minimum absolute atomic E-state index is 0.619. The molecule has 1 aliphatic heterocycles. The molecule has 2 heteroatoms. The van der Waals surface area contributed by atoms with Crippen molar-refractivity contribution < 1.29 is 0 Å². The third-order valence-corrected chi connectivity index (χ3v) is 2.48. The topological polar surface area (TPSA) is 24.4 Å². The minimum atomic E-state index is 0.619. The summed E-state index contributed by atoms with van der Waals surface area (Å²) in [4.78, 5) is 4.52. The first kappa shape index (κ1) is 6.20. The van der Waals surface area contributed by atoms with Crippen molar-refractivity contribution in [1.29, 1.82) is 0 Å². The van der Waals surface area contributed by atoms with Crippen LogP contribution >= 0.6 is 0 Å². The summed E-state index contributed by atoms with van der Waals surface area (Å²) in [5, 5.41) is 3.41. The van der Waals surface area contributed by atoms with Crippen molar-refractivity contribution in [2.75, 3.05) is 0 Å². The van der Waals surface area contributed by atoms with Gasteiger partial charge in [-0.3, -0.25) is 4.99 Å². The second-order valence-corrected chi connectivity index (χ2v) is 3.32. The smallest absolute Gasteiger partial charge is 0.0938 e. The maximum Gasteiger partial charge on any atom is 0.0938 e. The first-order valence-electron chi connectivity index (χ1n) is 4.17. The molecule has 1 aliphatic carbocycles. The molecule has 2 nitrogen and oxygen atoms in total. The number of nitrogens with one attached hydrogen (secondary N) is 1. The van der Waals surface area contributed by atoms with Crippen molar-refractivity contribution in [1.82, 2.24) is 5.32 Å². The van der Waals surface area contributed by atoms with Crippen LogP contribution < -0.4 is 5.32 Å². The molecule has 1 saturated carbocycles. The molecule has 0 radical (unpaired) electrons. The van der Waals surface area contributed by atoms with Crippen molar-refractivity contribution in [2.45, 2.75) is 44.7 Å². The summed E-state index contributed by atoms with van der Waals surface area (Å²) in [5.74, 6) is 1.15. The average molecular weight is 138 g/mol. The fraction of sp³-hybridized carbons (Fsp3) is 0.875. The van der Waals surface area contributed by atoms with Crippen LogP contribution in [0.3, 0.4) is 0 Å². The van der Waals surface area contributed by atoms with Gasteiger partial charge in [-0.25, -0.2) is 0 Å². The Morgan fingerprint density at radius 1 is 1.40 bits per heavy atom. The van der Waals surface area contributed by atoms with Crippen LogP contribution in [0.15, 0.2) is 4.99 Å². The zero-order valence-electron chi connectivity index (χ0n) is 6.43. The SMILES string of the molecule is CC1=N[C@H]2CCCCC2N1. The molecule has 1 unspecified atom stereocenters.